The number of carbonyl (C=O) groups is 1. The second-order valence-electron chi connectivity index (χ2n) is 5.00. The van der Waals surface area contributed by atoms with Crippen LogP contribution in [0.4, 0.5) is 0 Å². The SMILES string of the molecule is CO[C@@H]1COCC[C@H]1NC(=O)Cc1c(C)[nH]c(=O)[nH]c1=O. The number of aryl methyl sites for hydroxylation is 1. The van der Waals surface area contributed by atoms with E-state index in [-0.39, 0.29) is 30.0 Å². The van der Waals surface area contributed by atoms with Crippen LogP contribution < -0.4 is 16.6 Å². The highest BCUT2D eigenvalue weighted by molar-refractivity contribution is 5.79. The monoisotopic (exact) mass is 297 g/mol. The van der Waals surface area contributed by atoms with E-state index in [1.165, 1.54) is 0 Å². The second kappa shape index (κ2) is 6.68. The molecule has 0 radical (unpaired) electrons. The summed E-state index contributed by atoms with van der Waals surface area (Å²) in [5.41, 5.74) is -0.463. The maximum absolute atomic E-state index is 12.1. The summed E-state index contributed by atoms with van der Waals surface area (Å²) < 4.78 is 10.5. The molecular weight excluding hydrogens is 278 g/mol. The molecule has 0 spiro atoms. The highest BCUT2D eigenvalue weighted by Crippen LogP contribution is 2.11. The molecular formula is C13H19N3O5. The van der Waals surface area contributed by atoms with E-state index in [0.717, 1.165) is 0 Å². The van der Waals surface area contributed by atoms with Gasteiger partial charge < -0.3 is 19.8 Å². The Balaban J connectivity index is 2.05. The Morgan fingerprint density at radius 2 is 2.19 bits per heavy atom. The number of H-pyrrole nitrogens is 2. The van der Waals surface area contributed by atoms with Crippen LogP contribution in [0.2, 0.25) is 0 Å². The minimum atomic E-state index is -0.578. The smallest absolute Gasteiger partial charge is 0.325 e. The number of hydrogen-bond donors (Lipinski definition) is 3. The van der Waals surface area contributed by atoms with Gasteiger partial charge in [0.15, 0.2) is 0 Å². The van der Waals surface area contributed by atoms with Crippen molar-refractivity contribution in [2.24, 2.45) is 0 Å². The number of amides is 1. The van der Waals surface area contributed by atoms with Crippen molar-refractivity contribution in [1.29, 1.82) is 0 Å². The predicted molar refractivity (Wildman–Crippen MR) is 74.3 cm³/mol. The van der Waals surface area contributed by atoms with Crippen molar-refractivity contribution >= 4 is 5.91 Å². The number of methoxy groups -OCH3 is 1. The minimum absolute atomic E-state index is 0.0915. The molecule has 1 aromatic rings. The average molecular weight is 297 g/mol. The van der Waals surface area contributed by atoms with Gasteiger partial charge in [-0.1, -0.05) is 0 Å². The molecule has 8 nitrogen and oxygen atoms in total. The molecule has 0 aliphatic carbocycles. The van der Waals surface area contributed by atoms with Gasteiger partial charge in [0.05, 0.1) is 19.1 Å². The summed E-state index contributed by atoms with van der Waals surface area (Å²) in [4.78, 5) is 39.5. The highest BCUT2D eigenvalue weighted by Gasteiger charge is 2.27. The van der Waals surface area contributed by atoms with Crippen molar-refractivity contribution in [3.63, 3.8) is 0 Å². The number of nitrogens with one attached hydrogen (secondary N) is 3. The largest absolute Gasteiger partial charge is 0.379 e. The molecule has 8 heteroatoms. The lowest BCUT2D eigenvalue weighted by atomic mass is 10.1. The van der Waals surface area contributed by atoms with Crippen molar-refractivity contribution in [3.05, 3.63) is 32.1 Å². The van der Waals surface area contributed by atoms with Crippen LogP contribution in [0.5, 0.6) is 0 Å². The van der Waals surface area contributed by atoms with Gasteiger partial charge in [-0.25, -0.2) is 4.79 Å². The first-order valence-corrected chi connectivity index (χ1v) is 6.73. The summed E-state index contributed by atoms with van der Waals surface area (Å²) in [7, 11) is 1.56. The highest BCUT2D eigenvalue weighted by atomic mass is 16.5. The summed E-state index contributed by atoms with van der Waals surface area (Å²) in [5, 5.41) is 2.85. The first-order valence-electron chi connectivity index (χ1n) is 6.73. The topological polar surface area (TPSA) is 113 Å². The molecule has 1 fully saturated rings. The van der Waals surface area contributed by atoms with Gasteiger partial charge in [-0.05, 0) is 13.3 Å². The summed E-state index contributed by atoms with van der Waals surface area (Å²) in [6.45, 7) is 2.58. The molecule has 0 aromatic carbocycles. The molecule has 0 bridgehead atoms. The molecule has 21 heavy (non-hydrogen) atoms. The Kier molecular flexibility index (Phi) is 4.92. The van der Waals surface area contributed by atoms with Crippen LogP contribution in [-0.4, -0.2) is 48.3 Å². The summed E-state index contributed by atoms with van der Waals surface area (Å²) in [5.74, 6) is -0.287. The standard InChI is InChI=1S/C13H19N3O5/c1-7-8(12(18)16-13(19)14-7)5-11(17)15-9-3-4-21-6-10(9)20-2/h9-10H,3-6H2,1-2H3,(H,15,17)(H2,14,16,18,19)/t9-,10-/m1/s1. The van der Waals surface area contributed by atoms with E-state index in [1.807, 2.05) is 0 Å². The number of ether oxygens (including phenoxy) is 2. The molecule has 1 aromatic heterocycles. The first-order chi connectivity index (χ1) is 10.0. The maximum Gasteiger partial charge on any atom is 0.325 e. The molecule has 1 amide bonds. The molecule has 0 unspecified atom stereocenters. The summed E-state index contributed by atoms with van der Waals surface area (Å²) in [6.07, 6.45) is 0.370. The third-order valence-electron chi connectivity index (χ3n) is 3.55. The van der Waals surface area contributed by atoms with Crippen LogP contribution in [0.3, 0.4) is 0 Å². The molecule has 2 rings (SSSR count). The fourth-order valence-corrected chi connectivity index (χ4v) is 2.37. The molecule has 1 aliphatic heterocycles. The Bertz CT molecular complexity index is 621. The lowest BCUT2D eigenvalue weighted by Crippen LogP contribution is -2.50. The van der Waals surface area contributed by atoms with E-state index in [4.69, 9.17) is 9.47 Å². The van der Waals surface area contributed by atoms with E-state index in [1.54, 1.807) is 14.0 Å². The molecule has 116 valence electrons. The van der Waals surface area contributed by atoms with E-state index in [0.29, 0.717) is 25.3 Å². The van der Waals surface area contributed by atoms with Crippen molar-refractivity contribution in [3.8, 4) is 0 Å². The minimum Gasteiger partial charge on any atom is -0.379 e. The predicted octanol–water partition coefficient (Wildman–Crippen LogP) is -1.17. The van der Waals surface area contributed by atoms with Gasteiger partial charge in [0.25, 0.3) is 5.56 Å². The van der Waals surface area contributed by atoms with Gasteiger partial charge in [0.2, 0.25) is 5.91 Å². The second-order valence-corrected chi connectivity index (χ2v) is 5.00. The van der Waals surface area contributed by atoms with Crippen LogP contribution in [0.1, 0.15) is 17.7 Å². The average Bonchev–Trinajstić information content (AvgIpc) is 2.43. The fourth-order valence-electron chi connectivity index (χ4n) is 2.37. The maximum atomic E-state index is 12.1. The van der Waals surface area contributed by atoms with Gasteiger partial charge in [-0.2, -0.15) is 0 Å². The zero-order valence-electron chi connectivity index (χ0n) is 12.0. The van der Waals surface area contributed by atoms with Gasteiger partial charge in [-0.3, -0.25) is 14.6 Å². The van der Waals surface area contributed by atoms with Crippen LogP contribution in [-0.2, 0) is 20.7 Å². The third kappa shape index (κ3) is 3.79. The van der Waals surface area contributed by atoms with Gasteiger partial charge in [0, 0.05) is 25.0 Å². The Morgan fingerprint density at radius 3 is 2.86 bits per heavy atom. The molecule has 2 atom stereocenters. The number of rotatable bonds is 4. The molecule has 0 saturated carbocycles. The number of aromatic nitrogens is 2. The molecule has 2 heterocycles. The van der Waals surface area contributed by atoms with Crippen LogP contribution in [0.25, 0.3) is 0 Å². The van der Waals surface area contributed by atoms with Crippen LogP contribution >= 0.6 is 0 Å². The molecule has 1 saturated heterocycles. The van der Waals surface area contributed by atoms with Crippen molar-refractivity contribution in [2.75, 3.05) is 20.3 Å². The lowest BCUT2D eigenvalue weighted by Gasteiger charge is -2.31. The van der Waals surface area contributed by atoms with Crippen LogP contribution in [0.15, 0.2) is 9.59 Å². The van der Waals surface area contributed by atoms with E-state index >= 15 is 0 Å². The number of aromatic amines is 2. The first kappa shape index (κ1) is 15.5. The third-order valence-corrected chi connectivity index (χ3v) is 3.55. The van der Waals surface area contributed by atoms with E-state index < -0.39 is 11.2 Å². The summed E-state index contributed by atoms with van der Waals surface area (Å²) in [6, 6.07) is -0.140. The van der Waals surface area contributed by atoms with Crippen LogP contribution in [0, 0.1) is 6.92 Å². The fraction of sp³-hybridized carbons (Fsp3) is 0.615. The Morgan fingerprint density at radius 1 is 1.43 bits per heavy atom. The zero-order chi connectivity index (χ0) is 15.4. The van der Waals surface area contributed by atoms with Gasteiger partial charge in [0.1, 0.15) is 6.10 Å². The Labute approximate surface area is 120 Å². The normalized spacial score (nSPS) is 22.0. The lowest BCUT2D eigenvalue weighted by molar-refractivity contribution is -0.124. The number of hydrogen-bond acceptors (Lipinski definition) is 5. The molecule has 3 N–H and O–H groups in total. The Hall–Kier alpha value is -1.93. The molecule has 1 aliphatic rings. The summed E-state index contributed by atoms with van der Waals surface area (Å²) >= 11 is 0. The zero-order valence-corrected chi connectivity index (χ0v) is 12.0. The van der Waals surface area contributed by atoms with Gasteiger partial charge >= 0.3 is 5.69 Å². The van der Waals surface area contributed by atoms with Crippen molar-refractivity contribution in [1.82, 2.24) is 15.3 Å². The van der Waals surface area contributed by atoms with Crippen molar-refractivity contribution < 1.29 is 14.3 Å². The van der Waals surface area contributed by atoms with Crippen molar-refractivity contribution in [2.45, 2.75) is 31.9 Å². The van der Waals surface area contributed by atoms with Gasteiger partial charge in [-0.15, -0.1) is 0 Å². The number of carbonyl (C=O) groups excluding carboxylic acids is 1. The van der Waals surface area contributed by atoms with E-state index in [2.05, 4.69) is 15.3 Å². The van der Waals surface area contributed by atoms with E-state index in [9.17, 15) is 14.4 Å². The quantitative estimate of drug-likeness (QED) is 0.648.